The summed E-state index contributed by atoms with van der Waals surface area (Å²) in [7, 11) is 0. The van der Waals surface area contributed by atoms with Crippen molar-refractivity contribution in [2.24, 2.45) is 0 Å². The van der Waals surface area contributed by atoms with Gasteiger partial charge in [-0.25, -0.2) is 4.98 Å². The Bertz CT molecular complexity index is 913. The van der Waals surface area contributed by atoms with E-state index in [1.807, 2.05) is 19.9 Å². The second-order valence-electron chi connectivity index (χ2n) is 5.28. The number of aryl methyl sites for hydroxylation is 2. The highest BCUT2D eigenvalue weighted by molar-refractivity contribution is 7.80. The molecule has 0 aliphatic heterocycles. The van der Waals surface area contributed by atoms with Crippen LogP contribution in [0.3, 0.4) is 0 Å². The molecular weight excluding hydrogens is 362 g/mol. The van der Waals surface area contributed by atoms with Crippen molar-refractivity contribution in [3.05, 3.63) is 58.1 Å². The highest BCUT2D eigenvalue weighted by Gasteiger charge is 2.13. The first-order valence-corrected chi connectivity index (χ1v) is 8.79. The van der Waals surface area contributed by atoms with Crippen molar-refractivity contribution in [1.29, 1.82) is 0 Å². The average molecular weight is 376 g/mol. The number of nitrogens with one attached hydrogen (secondary N) is 2. The van der Waals surface area contributed by atoms with Crippen LogP contribution in [0.1, 0.15) is 21.5 Å². The van der Waals surface area contributed by atoms with Gasteiger partial charge in [-0.3, -0.25) is 10.1 Å². The molecule has 1 heterocycles. The lowest BCUT2D eigenvalue weighted by molar-refractivity contribution is 0.0978. The minimum atomic E-state index is -0.355. The van der Waals surface area contributed by atoms with Gasteiger partial charge in [0.05, 0.1) is 20.8 Å². The molecule has 1 aromatic heterocycles. The predicted octanol–water partition coefficient (Wildman–Crippen LogP) is 4.69. The molecule has 122 valence electrons. The molecule has 0 saturated carbocycles. The Morgan fingerprint density at radius 2 is 1.88 bits per heavy atom. The smallest absolute Gasteiger partial charge is 0.258 e. The first kappa shape index (κ1) is 16.8. The van der Waals surface area contributed by atoms with E-state index in [0.717, 1.165) is 21.3 Å². The number of fused-ring (bicyclic) bond motifs is 1. The molecule has 0 aliphatic rings. The third-order valence-electron chi connectivity index (χ3n) is 3.51. The minimum Gasteiger partial charge on any atom is -0.308 e. The highest BCUT2D eigenvalue weighted by atomic mass is 35.5. The molecule has 3 aromatic rings. The van der Waals surface area contributed by atoms with E-state index in [-0.39, 0.29) is 11.0 Å². The van der Waals surface area contributed by atoms with E-state index in [2.05, 4.69) is 21.7 Å². The lowest BCUT2D eigenvalue weighted by Crippen LogP contribution is -2.34. The van der Waals surface area contributed by atoms with Crippen molar-refractivity contribution >= 4 is 61.5 Å². The van der Waals surface area contributed by atoms with E-state index in [1.54, 1.807) is 24.3 Å². The molecule has 0 spiro atoms. The van der Waals surface area contributed by atoms with Crippen LogP contribution in [0.2, 0.25) is 5.02 Å². The van der Waals surface area contributed by atoms with Crippen molar-refractivity contribution in [2.75, 3.05) is 5.32 Å². The van der Waals surface area contributed by atoms with Crippen LogP contribution < -0.4 is 10.6 Å². The number of hydrogen-bond donors (Lipinski definition) is 2. The van der Waals surface area contributed by atoms with Gasteiger partial charge in [0.15, 0.2) is 10.2 Å². The number of nitrogens with zero attached hydrogens (tertiary/aromatic N) is 1. The van der Waals surface area contributed by atoms with Crippen LogP contribution in [0.25, 0.3) is 10.2 Å². The number of amides is 1. The van der Waals surface area contributed by atoms with Crippen LogP contribution in [0.4, 0.5) is 5.13 Å². The van der Waals surface area contributed by atoms with Crippen molar-refractivity contribution in [1.82, 2.24) is 10.3 Å². The zero-order chi connectivity index (χ0) is 17.3. The number of thiocarbonyl (C=S) groups is 1. The van der Waals surface area contributed by atoms with E-state index in [1.165, 1.54) is 11.3 Å². The maximum atomic E-state index is 12.2. The van der Waals surface area contributed by atoms with Gasteiger partial charge in [-0.15, -0.1) is 0 Å². The maximum absolute atomic E-state index is 12.2. The van der Waals surface area contributed by atoms with Gasteiger partial charge in [0.2, 0.25) is 0 Å². The summed E-state index contributed by atoms with van der Waals surface area (Å²) in [5, 5.41) is 6.81. The third kappa shape index (κ3) is 3.40. The molecule has 0 radical (unpaired) electrons. The number of rotatable bonds is 2. The number of halogens is 1. The van der Waals surface area contributed by atoms with Gasteiger partial charge in [-0.2, -0.15) is 0 Å². The Labute approximate surface area is 153 Å². The van der Waals surface area contributed by atoms with E-state index in [9.17, 15) is 4.79 Å². The van der Waals surface area contributed by atoms with Crippen molar-refractivity contribution < 1.29 is 4.79 Å². The molecule has 0 aliphatic carbocycles. The Morgan fingerprint density at radius 1 is 1.17 bits per heavy atom. The maximum Gasteiger partial charge on any atom is 0.258 e. The summed E-state index contributed by atoms with van der Waals surface area (Å²) in [4.78, 5) is 16.8. The van der Waals surface area contributed by atoms with Crippen LogP contribution in [-0.2, 0) is 0 Å². The molecule has 4 nitrogen and oxygen atoms in total. The predicted molar refractivity (Wildman–Crippen MR) is 104 cm³/mol. The van der Waals surface area contributed by atoms with E-state index < -0.39 is 0 Å². The normalized spacial score (nSPS) is 10.6. The Balaban J connectivity index is 1.76. The standard InChI is InChI=1S/C17H14ClN3OS2/c1-9-7-8-10(2)14-13(9)19-17(24-14)21-16(23)20-15(22)11-5-3-4-6-12(11)18/h3-8H,1-2H3,(H2,19,20,21,22,23). The SMILES string of the molecule is Cc1ccc(C)c2sc(NC(=S)NC(=O)c3ccccc3Cl)nc12. The summed E-state index contributed by atoms with van der Waals surface area (Å²) >= 11 is 12.7. The number of benzene rings is 2. The van der Waals surface area contributed by atoms with Crippen molar-refractivity contribution in [3.63, 3.8) is 0 Å². The Hall–Kier alpha value is -2.02. The van der Waals surface area contributed by atoms with Gasteiger partial charge in [0.25, 0.3) is 5.91 Å². The fourth-order valence-electron chi connectivity index (χ4n) is 2.26. The Kier molecular flexibility index (Phi) is 4.80. The molecule has 3 rings (SSSR count). The van der Waals surface area contributed by atoms with Crippen molar-refractivity contribution in [2.45, 2.75) is 13.8 Å². The molecule has 1 amide bonds. The van der Waals surface area contributed by atoms with Crippen LogP contribution >= 0.6 is 35.2 Å². The zero-order valence-corrected chi connectivity index (χ0v) is 15.4. The van der Waals surface area contributed by atoms with Gasteiger partial charge in [-0.05, 0) is 49.3 Å². The fourth-order valence-corrected chi connectivity index (χ4v) is 3.75. The molecule has 0 fully saturated rings. The minimum absolute atomic E-state index is 0.189. The van der Waals surface area contributed by atoms with Crippen molar-refractivity contribution in [3.8, 4) is 0 Å². The van der Waals surface area contributed by atoms with E-state index in [0.29, 0.717) is 15.7 Å². The first-order valence-electron chi connectivity index (χ1n) is 7.19. The van der Waals surface area contributed by atoms with Crippen LogP contribution in [0.5, 0.6) is 0 Å². The molecule has 24 heavy (non-hydrogen) atoms. The number of aromatic nitrogens is 1. The van der Waals surface area contributed by atoms with E-state index in [4.69, 9.17) is 23.8 Å². The van der Waals surface area contributed by atoms with Gasteiger partial charge in [0, 0.05) is 0 Å². The molecule has 0 saturated heterocycles. The molecule has 0 unspecified atom stereocenters. The number of carbonyl (C=O) groups excluding carboxylic acids is 1. The number of anilines is 1. The first-order chi connectivity index (χ1) is 11.5. The van der Waals surface area contributed by atoms with Crippen LogP contribution in [0, 0.1) is 13.8 Å². The van der Waals surface area contributed by atoms with Gasteiger partial charge >= 0.3 is 0 Å². The van der Waals surface area contributed by atoms with Crippen LogP contribution in [-0.4, -0.2) is 16.0 Å². The van der Waals surface area contributed by atoms with E-state index >= 15 is 0 Å². The topological polar surface area (TPSA) is 54.0 Å². The molecular formula is C17H14ClN3OS2. The average Bonchev–Trinajstić information content (AvgIpc) is 2.96. The summed E-state index contributed by atoms with van der Waals surface area (Å²) in [6, 6.07) is 10.9. The number of carbonyl (C=O) groups is 1. The lowest BCUT2D eigenvalue weighted by atomic mass is 10.1. The zero-order valence-electron chi connectivity index (χ0n) is 13.0. The second-order valence-corrected chi connectivity index (χ2v) is 7.10. The van der Waals surface area contributed by atoms with Gasteiger partial charge in [-0.1, -0.05) is 47.2 Å². The highest BCUT2D eigenvalue weighted by Crippen LogP contribution is 2.30. The largest absolute Gasteiger partial charge is 0.308 e. The number of thiazole rings is 1. The summed E-state index contributed by atoms with van der Waals surface area (Å²) in [6.07, 6.45) is 0. The molecule has 2 N–H and O–H groups in total. The lowest BCUT2D eigenvalue weighted by Gasteiger charge is -2.08. The quantitative estimate of drug-likeness (QED) is 0.638. The third-order valence-corrected chi connectivity index (χ3v) is 5.15. The molecule has 0 atom stereocenters. The summed E-state index contributed by atoms with van der Waals surface area (Å²) in [5.41, 5.74) is 3.58. The number of hydrogen-bond acceptors (Lipinski definition) is 4. The van der Waals surface area contributed by atoms with Gasteiger partial charge < -0.3 is 5.32 Å². The summed E-state index contributed by atoms with van der Waals surface area (Å²) < 4.78 is 1.11. The summed E-state index contributed by atoms with van der Waals surface area (Å²) in [5.74, 6) is -0.355. The van der Waals surface area contributed by atoms with Crippen LogP contribution in [0.15, 0.2) is 36.4 Å². The Morgan fingerprint density at radius 3 is 2.58 bits per heavy atom. The summed E-state index contributed by atoms with van der Waals surface area (Å²) in [6.45, 7) is 4.06. The molecule has 0 bridgehead atoms. The fraction of sp³-hybridized carbons (Fsp3) is 0.118. The molecule has 7 heteroatoms. The molecule has 2 aromatic carbocycles. The second kappa shape index (κ2) is 6.84. The van der Waals surface area contributed by atoms with Gasteiger partial charge in [0.1, 0.15) is 0 Å². The monoisotopic (exact) mass is 375 g/mol.